The number of aromatic nitrogens is 2. The molecule has 2 rings (SSSR count). The van der Waals surface area contributed by atoms with Gasteiger partial charge in [-0.25, -0.2) is 0 Å². The summed E-state index contributed by atoms with van der Waals surface area (Å²) in [7, 11) is 1.98. The minimum absolute atomic E-state index is 0.0287. The summed E-state index contributed by atoms with van der Waals surface area (Å²) < 4.78 is 7.08. The van der Waals surface area contributed by atoms with Crippen molar-refractivity contribution in [2.45, 2.75) is 40.2 Å². The van der Waals surface area contributed by atoms with Gasteiger partial charge in [-0.05, 0) is 40.2 Å². The molecule has 1 fully saturated rings. The number of hydrogen-bond acceptors (Lipinski definition) is 4. The number of carbonyl (C=O) groups is 1. The van der Waals surface area contributed by atoms with E-state index in [1.54, 1.807) is 0 Å². The van der Waals surface area contributed by atoms with Crippen LogP contribution in [0, 0.1) is 19.8 Å². The van der Waals surface area contributed by atoms with Gasteiger partial charge in [-0.15, -0.1) is 0 Å². The molecule has 112 valence electrons. The summed E-state index contributed by atoms with van der Waals surface area (Å²) in [5.41, 5.74) is 3.58. The summed E-state index contributed by atoms with van der Waals surface area (Å²) in [5.74, 6) is -0.0159. The average molecular weight is 279 g/mol. The van der Waals surface area contributed by atoms with Crippen LogP contribution in [0.5, 0.6) is 0 Å². The van der Waals surface area contributed by atoms with E-state index in [1.165, 1.54) is 11.3 Å². The van der Waals surface area contributed by atoms with Gasteiger partial charge in [0.1, 0.15) is 0 Å². The molecule has 0 aliphatic carbocycles. The monoisotopic (exact) mass is 279 g/mol. The molecule has 0 amide bonds. The highest BCUT2D eigenvalue weighted by atomic mass is 16.5. The summed E-state index contributed by atoms with van der Waals surface area (Å²) in [6.45, 7) is 9.20. The fourth-order valence-corrected chi connectivity index (χ4v) is 2.92. The molecular weight excluding hydrogens is 254 g/mol. The zero-order chi connectivity index (χ0) is 14.7. The second-order valence-electron chi connectivity index (χ2n) is 5.60. The van der Waals surface area contributed by atoms with Crippen LogP contribution in [0.15, 0.2) is 0 Å². The highest BCUT2D eigenvalue weighted by molar-refractivity contribution is 5.72. The maximum atomic E-state index is 11.9. The standard InChI is InChI=1S/C15H25N3O2/c1-5-20-15(19)13-7-6-8-18(9-13)10-14-11(2)16-17(4)12(14)3/h13H,5-10H2,1-4H3/t13-/m1/s1. The van der Waals surface area contributed by atoms with Gasteiger partial charge in [-0.3, -0.25) is 14.4 Å². The summed E-state index contributed by atoms with van der Waals surface area (Å²) in [6.07, 6.45) is 2.00. The largest absolute Gasteiger partial charge is 0.466 e. The van der Waals surface area contributed by atoms with Crippen molar-refractivity contribution in [3.63, 3.8) is 0 Å². The lowest BCUT2D eigenvalue weighted by molar-refractivity contribution is -0.150. The number of ether oxygens (including phenoxy) is 1. The van der Waals surface area contributed by atoms with Gasteiger partial charge in [0.15, 0.2) is 0 Å². The van der Waals surface area contributed by atoms with Crippen LogP contribution in [0.2, 0.25) is 0 Å². The molecule has 1 aliphatic rings. The van der Waals surface area contributed by atoms with E-state index in [4.69, 9.17) is 4.74 Å². The summed E-state index contributed by atoms with van der Waals surface area (Å²) in [4.78, 5) is 14.2. The van der Waals surface area contributed by atoms with Crippen LogP contribution in [0.25, 0.3) is 0 Å². The van der Waals surface area contributed by atoms with Crippen LogP contribution in [0.1, 0.15) is 36.7 Å². The molecule has 0 saturated carbocycles. The fraction of sp³-hybridized carbons (Fsp3) is 0.733. The van der Waals surface area contributed by atoms with E-state index in [2.05, 4.69) is 23.8 Å². The lowest BCUT2D eigenvalue weighted by atomic mass is 9.97. The molecule has 0 unspecified atom stereocenters. The SMILES string of the molecule is CCOC(=O)[C@@H]1CCCN(Cc2c(C)nn(C)c2C)C1. The second-order valence-corrected chi connectivity index (χ2v) is 5.60. The maximum absolute atomic E-state index is 11.9. The van der Waals surface area contributed by atoms with E-state index >= 15 is 0 Å². The molecule has 1 saturated heterocycles. The Morgan fingerprint density at radius 2 is 2.20 bits per heavy atom. The van der Waals surface area contributed by atoms with E-state index < -0.39 is 0 Å². The number of carbonyl (C=O) groups excluding carboxylic acids is 1. The van der Waals surface area contributed by atoms with Crippen molar-refractivity contribution >= 4 is 5.97 Å². The van der Waals surface area contributed by atoms with Gasteiger partial charge in [-0.1, -0.05) is 0 Å². The third-order valence-corrected chi connectivity index (χ3v) is 4.17. The Morgan fingerprint density at radius 1 is 1.45 bits per heavy atom. The van der Waals surface area contributed by atoms with Crippen molar-refractivity contribution in [2.75, 3.05) is 19.7 Å². The number of aryl methyl sites for hydroxylation is 2. The lowest BCUT2D eigenvalue weighted by Crippen LogP contribution is -2.39. The maximum Gasteiger partial charge on any atom is 0.310 e. The zero-order valence-corrected chi connectivity index (χ0v) is 13.0. The first-order valence-corrected chi connectivity index (χ1v) is 7.41. The normalized spacial score (nSPS) is 20.1. The molecule has 0 bridgehead atoms. The molecule has 2 heterocycles. The topological polar surface area (TPSA) is 47.4 Å². The summed E-state index contributed by atoms with van der Waals surface area (Å²) >= 11 is 0. The van der Waals surface area contributed by atoms with Gasteiger partial charge < -0.3 is 4.74 Å². The molecule has 20 heavy (non-hydrogen) atoms. The van der Waals surface area contributed by atoms with E-state index in [-0.39, 0.29) is 11.9 Å². The number of likely N-dealkylation sites (tertiary alicyclic amines) is 1. The molecule has 0 radical (unpaired) electrons. The smallest absolute Gasteiger partial charge is 0.310 e. The molecule has 1 aromatic heterocycles. The van der Waals surface area contributed by atoms with Gasteiger partial charge >= 0.3 is 5.97 Å². The quantitative estimate of drug-likeness (QED) is 0.789. The Bertz CT molecular complexity index is 482. The lowest BCUT2D eigenvalue weighted by Gasteiger charge is -2.31. The Kier molecular flexibility index (Phi) is 4.81. The van der Waals surface area contributed by atoms with Crippen molar-refractivity contribution in [3.8, 4) is 0 Å². The van der Waals surface area contributed by atoms with Crippen LogP contribution in [-0.4, -0.2) is 40.3 Å². The van der Waals surface area contributed by atoms with Crippen LogP contribution in [-0.2, 0) is 23.1 Å². The van der Waals surface area contributed by atoms with E-state index in [9.17, 15) is 4.79 Å². The Balaban J connectivity index is 2.01. The van der Waals surface area contributed by atoms with Gasteiger partial charge in [0.25, 0.3) is 0 Å². The molecule has 1 aromatic rings. The van der Waals surface area contributed by atoms with Crippen molar-refractivity contribution in [2.24, 2.45) is 13.0 Å². The molecule has 5 nitrogen and oxygen atoms in total. The first-order valence-electron chi connectivity index (χ1n) is 7.41. The van der Waals surface area contributed by atoms with E-state index in [1.807, 2.05) is 18.7 Å². The van der Waals surface area contributed by atoms with Gasteiger partial charge in [0, 0.05) is 31.4 Å². The van der Waals surface area contributed by atoms with Gasteiger partial charge in [0.05, 0.1) is 18.2 Å². The fourth-order valence-electron chi connectivity index (χ4n) is 2.92. The van der Waals surface area contributed by atoms with Crippen molar-refractivity contribution in [1.29, 1.82) is 0 Å². The molecular formula is C15H25N3O2. The van der Waals surface area contributed by atoms with Crippen molar-refractivity contribution in [1.82, 2.24) is 14.7 Å². The molecule has 0 aromatic carbocycles. The van der Waals surface area contributed by atoms with Crippen LogP contribution in [0.3, 0.4) is 0 Å². The van der Waals surface area contributed by atoms with Crippen LogP contribution >= 0.6 is 0 Å². The van der Waals surface area contributed by atoms with Gasteiger partial charge in [-0.2, -0.15) is 5.10 Å². The molecule has 1 aliphatic heterocycles. The second kappa shape index (κ2) is 6.39. The number of hydrogen-bond donors (Lipinski definition) is 0. The predicted octanol–water partition coefficient (Wildman–Crippen LogP) is 1.81. The molecule has 1 atom stereocenters. The third-order valence-electron chi connectivity index (χ3n) is 4.17. The van der Waals surface area contributed by atoms with E-state index in [0.29, 0.717) is 6.61 Å². The Labute approximate surface area is 120 Å². The Morgan fingerprint density at radius 3 is 2.80 bits per heavy atom. The summed E-state index contributed by atoms with van der Waals surface area (Å²) in [6, 6.07) is 0. The van der Waals surface area contributed by atoms with Crippen molar-refractivity contribution < 1.29 is 9.53 Å². The highest BCUT2D eigenvalue weighted by Gasteiger charge is 2.27. The predicted molar refractivity (Wildman–Crippen MR) is 77.3 cm³/mol. The number of esters is 1. The first-order chi connectivity index (χ1) is 9.52. The highest BCUT2D eigenvalue weighted by Crippen LogP contribution is 2.22. The summed E-state index contributed by atoms with van der Waals surface area (Å²) in [5, 5.41) is 4.46. The number of rotatable bonds is 4. The molecule has 0 spiro atoms. The van der Waals surface area contributed by atoms with E-state index in [0.717, 1.165) is 38.2 Å². The number of piperidine rings is 1. The van der Waals surface area contributed by atoms with Crippen molar-refractivity contribution in [3.05, 3.63) is 17.0 Å². The molecule has 5 heteroatoms. The minimum atomic E-state index is -0.0446. The zero-order valence-electron chi connectivity index (χ0n) is 13.0. The Hall–Kier alpha value is -1.36. The first kappa shape index (κ1) is 15.0. The average Bonchev–Trinajstić information content (AvgIpc) is 2.66. The number of nitrogens with zero attached hydrogens (tertiary/aromatic N) is 3. The van der Waals surface area contributed by atoms with Gasteiger partial charge in [0.2, 0.25) is 0 Å². The van der Waals surface area contributed by atoms with Crippen LogP contribution in [0.4, 0.5) is 0 Å². The minimum Gasteiger partial charge on any atom is -0.466 e. The third kappa shape index (κ3) is 3.20. The van der Waals surface area contributed by atoms with Crippen LogP contribution < -0.4 is 0 Å². The molecule has 0 N–H and O–H groups in total.